The number of fused-ring (bicyclic) bond motifs is 1. The fraction of sp³-hybridized carbons (Fsp3) is 0.333. The van der Waals surface area contributed by atoms with Crippen LogP contribution >= 0.6 is 0 Å². The van der Waals surface area contributed by atoms with E-state index in [2.05, 4.69) is 19.1 Å². The molecule has 0 heterocycles. The zero-order valence-electron chi connectivity index (χ0n) is 11.8. The van der Waals surface area contributed by atoms with Gasteiger partial charge in [-0.25, -0.2) is 0 Å². The Balaban J connectivity index is 1.82. The Morgan fingerprint density at radius 2 is 2.00 bits per heavy atom. The molecule has 1 atom stereocenters. The van der Waals surface area contributed by atoms with Crippen molar-refractivity contribution in [3.8, 4) is 5.75 Å². The molecule has 0 amide bonds. The molecule has 2 aromatic carbocycles. The number of hydrogen-bond acceptors (Lipinski definition) is 2. The van der Waals surface area contributed by atoms with E-state index in [1.54, 1.807) is 0 Å². The van der Waals surface area contributed by atoms with Gasteiger partial charge >= 0.3 is 0 Å². The van der Waals surface area contributed by atoms with Crippen LogP contribution in [0.3, 0.4) is 0 Å². The van der Waals surface area contributed by atoms with Crippen molar-refractivity contribution in [3.63, 3.8) is 0 Å². The molecule has 0 fully saturated rings. The van der Waals surface area contributed by atoms with Crippen molar-refractivity contribution in [2.75, 3.05) is 0 Å². The van der Waals surface area contributed by atoms with E-state index in [0.717, 1.165) is 30.6 Å². The number of aliphatic hydroxyl groups excluding tert-OH is 1. The summed E-state index contributed by atoms with van der Waals surface area (Å²) in [5.41, 5.74) is 4.68. The predicted octanol–water partition coefficient (Wildman–Crippen LogP) is 3.94. The molecule has 2 heteroatoms. The molecule has 1 N–H and O–H groups in total. The molecular weight excluding hydrogens is 248 g/mol. The molecule has 0 spiro atoms. The fourth-order valence-corrected chi connectivity index (χ4v) is 2.85. The first-order chi connectivity index (χ1) is 9.75. The molecule has 0 saturated carbocycles. The minimum absolute atomic E-state index is 0.333. The van der Waals surface area contributed by atoms with Gasteiger partial charge in [0.25, 0.3) is 0 Å². The minimum atomic E-state index is -0.333. The number of benzene rings is 2. The Bertz CT molecular complexity index is 604. The first-order valence-corrected chi connectivity index (χ1v) is 7.23. The van der Waals surface area contributed by atoms with E-state index in [4.69, 9.17) is 4.74 Å². The van der Waals surface area contributed by atoms with E-state index < -0.39 is 0 Å². The van der Waals surface area contributed by atoms with Crippen LogP contribution in [-0.2, 0) is 13.0 Å². The van der Waals surface area contributed by atoms with Crippen molar-refractivity contribution in [1.82, 2.24) is 0 Å². The number of rotatable bonds is 3. The molecule has 1 aliphatic carbocycles. The number of ether oxygens (including phenoxy) is 1. The standard InChI is InChI=1S/C18H20O2/c1-13-6-2-3-7-14(13)12-20-18-11-5-8-15-16(18)9-4-10-17(15)19/h2-3,5-8,11,17,19H,4,9-10,12H2,1H3. The molecule has 20 heavy (non-hydrogen) atoms. The maximum Gasteiger partial charge on any atom is 0.123 e. The van der Waals surface area contributed by atoms with Gasteiger partial charge in [0.1, 0.15) is 12.4 Å². The zero-order valence-corrected chi connectivity index (χ0v) is 11.8. The van der Waals surface area contributed by atoms with Crippen LogP contribution in [0.2, 0.25) is 0 Å². The van der Waals surface area contributed by atoms with E-state index in [0.29, 0.717) is 6.61 Å². The topological polar surface area (TPSA) is 29.5 Å². The van der Waals surface area contributed by atoms with Crippen LogP contribution in [0.25, 0.3) is 0 Å². The van der Waals surface area contributed by atoms with Crippen LogP contribution in [0.1, 0.15) is 41.2 Å². The second-order valence-corrected chi connectivity index (χ2v) is 5.45. The summed E-state index contributed by atoms with van der Waals surface area (Å²) in [6.45, 7) is 2.68. The third-order valence-corrected chi connectivity index (χ3v) is 4.08. The van der Waals surface area contributed by atoms with Gasteiger partial charge in [-0.1, -0.05) is 36.4 Å². The SMILES string of the molecule is Cc1ccccc1COc1cccc2c1CCCC2O. The second kappa shape index (κ2) is 5.68. The quantitative estimate of drug-likeness (QED) is 0.913. The second-order valence-electron chi connectivity index (χ2n) is 5.45. The molecule has 0 aliphatic heterocycles. The largest absolute Gasteiger partial charge is 0.489 e. The highest BCUT2D eigenvalue weighted by Crippen LogP contribution is 2.35. The molecule has 0 radical (unpaired) electrons. The van der Waals surface area contributed by atoms with Gasteiger partial charge in [-0.15, -0.1) is 0 Å². The van der Waals surface area contributed by atoms with Gasteiger partial charge in [0.05, 0.1) is 6.10 Å². The Hall–Kier alpha value is -1.80. The van der Waals surface area contributed by atoms with Gasteiger partial charge in [0.15, 0.2) is 0 Å². The van der Waals surface area contributed by atoms with Gasteiger partial charge in [-0.05, 0) is 54.5 Å². The molecule has 2 nitrogen and oxygen atoms in total. The Morgan fingerprint density at radius 1 is 1.15 bits per heavy atom. The highest BCUT2D eigenvalue weighted by atomic mass is 16.5. The summed E-state index contributed by atoms with van der Waals surface area (Å²) in [7, 11) is 0. The van der Waals surface area contributed by atoms with Crippen LogP contribution in [0, 0.1) is 6.92 Å². The molecule has 3 rings (SSSR count). The van der Waals surface area contributed by atoms with E-state index >= 15 is 0 Å². The Labute approximate surface area is 120 Å². The molecular formula is C18H20O2. The van der Waals surface area contributed by atoms with Crippen molar-refractivity contribution >= 4 is 0 Å². The van der Waals surface area contributed by atoms with E-state index in [-0.39, 0.29) is 6.10 Å². The maximum atomic E-state index is 10.1. The summed E-state index contributed by atoms with van der Waals surface area (Å²) in [6.07, 6.45) is 2.55. The summed E-state index contributed by atoms with van der Waals surface area (Å²) < 4.78 is 6.01. The van der Waals surface area contributed by atoms with Crippen LogP contribution < -0.4 is 4.74 Å². The normalized spacial score (nSPS) is 17.6. The highest BCUT2D eigenvalue weighted by Gasteiger charge is 2.20. The van der Waals surface area contributed by atoms with Gasteiger partial charge in [0.2, 0.25) is 0 Å². The lowest BCUT2D eigenvalue weighted by molar-refractivity contribution is 0.155. The smallest absolute Gasteiger partial charge is 0.123 e. The first kappa shape index (κ1) is 13.2. The molecule has 0 saturated heterocycles. The molecule has 2 aromatic rings. The van der Waals surface area contributed by atoms with Gasteiger partial charge in [-0.2, -0.15) is 0 Å². The summed E-state index contributed by atoms with van der Waals surface area (Å²) in [4.78, 5) is 0. The van der Waals surface area contributed by atoms with Crippen molar-refractivity contribution < 1.29 is 9.84 Å². The predicted molar refractivity (Wildman–Crippen MR) is 79.9 cm³/mol. The first-order valence-electron chi connectivity index (χ1n) is 7.23. The average molecular weight is 268 g/mol. The Morgan fingerprint density at radius 3 is 2.85 bits per heavy atom. The average Bonchev–Trinajstić information content (AvgIpc) is 2.47. The van der Waals surface area contributed by atoms with Crippen molar-refractivity contribution in [2.24, 2.45) is 0 Å². The number of aliphatic hydroxyl groups is 1. The monoisotopic (exact) mass is 268 g/mol. The summed E-state index contributed by atoms with van der Waals surface area (Å²) in [6, 6.07) is 14.3. The minimum Gasteiger partial charge on any atom is -0.489 e. The van der Waals surface area contributed by atoms with Gasteiger partial charge < -0.3 is 9.84 Å². The van der Waals surface area contributed by atoms with Crippen LogP contribution in [0.15, 0.2) is 42.5 Å². The van der Waals surface area contributed by atoms with E-state index in [1.807, 2.05) is 30.3 Å². The third kappa shape index (κ3) is 2.56. The molecule has 104 valence electrons. The van der Waals surface area contributed by atoms with Crippen molar-refractivity contribution in [3.05, 3.63) is 64.7 Å². The van der Waals surface area contributed by atoms with Crippen molar-refractivity contribution in [2.45, 2.75) is 38.9 Å². The van der Waals surface area contributed by atoms with Crippen LogP contribution in [0.5, 0.6) is 5.75 Å². The van der Waals surface area contributed by atoms with E-state index in [9.17, 15) is 5.11 Å². The molecule has 1 aliphatic rings. The number of aryl methyl sites for hydroxylation is 1. The third-order valence-electron chi connectivity index (χ3n) is 4.08. The van der Waals surface area contributed by atoms with Gasteiger partial charge in [-0.3, -0.25) is 0 Å². The summed E-state index contributed by atoms with van der Waals surface area (Å²) in [5, 5.41) is 10.1. The Kier molecular flexibility index (Phi) is 3.75. The number of hydrogen-bond donors (Lipinski definition) is 1. The summed E-state index contributed by atoms with van der Waals surface area (Å²) >= 11 is 0. The fourth-order valence-electron chi connectivity index (χ4n) is 2.85. The van der Waals surface area contributed by atoms with E-state index in [1.165, 1.54) is 16.7 Å². The van der Waals surface area contributed by atoms with Gasteiger partial charge in [0, 0.05) is 0 Å². The lowest BCUT2D eigenvalue weighted by atomic mass is 9.89. The van der Waals surface area contributed by atoms with Crippen molar-refractivity contribution in [1.29, 1.82) is 0 Å². The molecule has 1 unspecified atom stereocenters. The maximum absolute atomic E-state index is 10.1. The lowest BCUT2D eigenvalue weighted by Crippen LogP contribution is -2.11. The molecule has 0 aromatic heterocycles. The highest BCUT2D eigenvalue weighted by molar-refractivity contribution is 5.43. The summed E-state index contributed by atoms with van der Waals surface area (Å²) in [5.74, 6) is 0.921. The zero-order chi connectivity index (χ0) is 13.9. The van der Waals surface area contributed by atoms with Crippen LogP contribution in [-0.4, -0.2) is 5.11 Å². The lowest BCUT2D eigenvalue weighted by Gasteiger charge is -2.23. The van der Waals surface area contributed by atoms with Crippen LogP contribution in [0.4, 0.5) is 0 Å². The molecule has 0 bridgehead atoms.